The number of hydrogen-bond acceptors (Lipinski definition) is 0. The van der Waals surface area contributed by atoms with Crippen LogP contribution in [0.15, 0.2) is 22.8 Å². The average Bonchev–Trinajstić information content (AvgIpc) is 2.08. The van der Waals surface area contributed by atoms with E-state index in [1.807, 2.05) is 0 Å². The second-order valence-corrected chi connectivity index (χ2v) is 3.99. The molecule has 68 valence electrons. The largest absolute Gasteiger partial charge is 0.118 e. The Morgan fingerprint density at radius 1 is 1.33 bits per heavy atom. The van der Waals surface area contributed by atoms with Crippen LogP contribution >= 0.6 is 23.2 Å². The fourth-order valence-corrected chi connectivity index (χ4v) is 2.17. The van der Waals surface area contributed by atoms with Gasteiger partial charge in [-0.25, -0.2) is 0 Å². The molecule has 0 aromatic carbocycles. The number of allylic oxidation sites excluding steroid dienone is 4. The predicted molar refractivity (Wildman–Crippen MR) is 55.7 cm³/mol. The first-order chi connectivity index (χ1) is 5.69. The highest BCUT2D eigenvalue weighted by Gasteiger charge is 2.19. The van der Waals surface area contributed by atoms with Crippen molar-refractivity contribution < 1.29 is 0 Å². The minimum absolute atomic E-state index is 0.132. The first kappa shape index (κ1) is 10.1. The lowest BCUT2D eigenvalue weighted by Crippen LogP contribution is -2.14. The monoisotopic (exact) mass is 204 g/mol. The number of hydrogen-bond donors (Lipinski definition) is 0. The Bertz CT molecular complexity index is 216. The molecule has 12 heavy (non-hydrogen) atoms. The van der Waals surface area contributed by atoms with Crippen LogP contribution in [0.25, 0.3) is 0 Å². The zero-order chi connectivity index (χ0) is 9.14. The molecule has 0 saturated carbocycles. The van der Waals surface area contributed by atoms with Crippen LogP contribution in [0, 0.1) is 5.92 Å². The van der Waals surface area contributed by atoms with Crippen molar-refractivity contribution in [1.29, 1.82) is 0 Å². The summed E-state index contributed by atoms with van der Waals surface area (Å²) < 4.78 is 0. The summed E-state index contributed by atoms with van der Waals surface area (Å²) in [5.74, 6) is 0.412. The van der Waals surface area contributed by atoms with E-state index in [1.165, 1.54) is 5.57 Å². The second-order valence-electron chi connectivity index (χ2n) is 3.08. The first-order valence-corrected chi connectivity index (χ1v) is 5.22. The fraction of sp³-hybridized carbons (Fsp3) is 0.600. The van der Waals surface area contributed by atoms with Gasteiger partial charge in [-0.2, -0.15) is 0 Å². The molecule has 0 heterocycles. The third-order valence-electron chi connectivity index (χ3n) is 2.29. The molecule has 1 aliphatic rings. The minimum Gasteiger partial charge on any atom is -0.118 e. The molecule has 0 nitrogen and oxygen atoms in total. The Balaban J connectivity index is 2.80. The number of halogens is 2. The number of rotatable bonds is 2. The first-order valence-electron chi connectivity index (χ1n) is 4.41. The lowest BCUT2D eigenvalue weighted by Gasteiger charge is -2.21. The molecule has 0 radical (unpaired) electrons. The topological polar surface area (TPSA) is 0 Å². The zero-order valence-electron chi connectivity index (χ0n) is 7.48. The lowest BCUT2D eigenvalue weighted by atomic mass is 9.93. The molecule has 0 aromatic heterocycles. The summed E-state index contributed by atoms with van der Waals surface area (Å²) in [6.45, 7) is 4.23. The van der Waals surface area contributed by atoms with Gasteiger partial charge in [0.25, 0.3) is 0 Å². The van der Waals surface area contributed by atoms with Crippen molar-refractivity contribution in [2.75, 3.05) is 0 Å². The summed E-state index contributed by atoms with van der Waals surface area (Å²) in [6.07, 6.45) is 6.18. The van der Waals surface area contributed by atoms with Crippen molar-refractivity contribution in [3.05, 3.63) is 22.8 Å². The highest BCUT2D eigenvalue weighted by molar-refractivity contribution is 6.32. The SMILES string of the molecule is CCC1=CC(Cl)C(CC)C=C1Cl. The fourth-order valence-electron chi connectivity index (χ4n) is 1.41. The van der Waals surface area contributed by atoms with Gasteiger partial charge in [0.1, 0.15) is 0 Å². The summed E-state index contributed by atoms with van der Waals surface area (Å²) >= 11 is 12.2. The lowest BCUT2D eigenvalue weighted by molar-refractivity contribution is 0.632. The van der Waals surface area contributed by atoms with Crippen LogP contribution in [-0.2, 0) is 0 Å². The minimum atomic E-state index is 0.132. The van der Waals surface area contributed by atoms with E-state index in [2.05, 4.69) is 26.0 Å². The molecule has 1 aliphatic carbocycles. The van der Waals surface area contributed by atoms with Gasteiger partial charge in [0.2, 0.25) is 0 Å². The maximum atomic E-state index is 6.14. The molecular weight excluding hydrogens is 191 g/mol. The van der Waals surface area contributed by atoms with Gasteiger partial charge in [-0.3, -0.25) is 0 Å². The van der Waals surface area contributed by atoms with E-state index >= 15 is 0 Å². The van der Waals surface area contributed by atoms with E-state index in [-0.39, 0.29) is 5.38 Å². The normalized spacial score (nSPS) is 29.7. The third-order valence-corrected chi connectivity index (χ3v) is 3.11. The van der Waals surface area contributed by atoms with Gasteiger partial charge in [-0.15, -0.1) is 11.6 Å². The smallest absolute Gasteiger partial charge is 0.0585 e. The van der Waals surface area contributed by atoms with Gasteiger partial charge in [0.05, 0.1) is 5.38 Å². The van der Waals surface area contributed by atoms with Crippen molar-refractivity contribution in [3.8, 4) is 0 Å². The van der Waals surface area contributed by atoms with Gasteiger partial charge in [0, 0.05) is 5.03 Å². The molecule has 0 amide bonds. The van der Waals surface area contributed by atoms with E-state index in [0.29, 0.717) is 5.92 Å². The maximum Gasteiger partial charge on any atom is 0.0585 e. The second kappa shape index (κ2) is 4.34. The van der Waals surface area contributed by atoms with Crippen LogP contribution in [0.1, 0.15) is 26.7 Å². The molecule has 0 spiro atoms. The van der Waals surface area contributed by atoms with Gasteiger partial charge < -0.3 is 0 Å². The molecule has 0 N–H and O–H groups in total. The van der Waals surface area contributed by atoms with Gasteiger partial charge in [-0.1, -0.05) is 37.6 Å². The Morgan fingerprint density at radius 2 is 2.00 bits per heavy atom. The van der Waals surface area contributed by atoms with E-state index in [0.717, 1.165) is 17.9 Å². The van der Waals surface area contributed by atoms with Gasteiger partial charge in [0.15, 0.2) is 0 Å². The summed E-state index contributed by atoms with van der Waals surface area (Å²) in [5, 5.41) is 1.02. The van der Waals surface area contributed by atoms with Crippen LogP contribution in [0.4, 0.5) is 0 Å². The summed E-state index contributed by atoms with van der Waals surface area (Å²) in [5.41, 5.74) is 1.18. The summed E-state index contributed by atoms with van der Waals surface area (Å²) in [6, 6.07) is 0. The summed E-state index contributed by atoms with van der Waals surface area (Å²) in [4.78, 5) is 0. The van der Waals surface area contributed by atoms with Gasteiger partial charge >= 0.3 is 0 Å². The molecular formula is C10H14Cl2. The van der Waals surface area contributed by atoms with Crippen LogP contribution in [0.5, 0.6) is 0 Å². The molecule has 2 heteroatoms. The van der Waals surface area contributed by atoms with Crippen molar-refractivity contribution in [2.24, 2.45) is 5.92 Å². The quantitative estimate of drug-likeness (QED) is 0.595. The summed E-state index contributed by atoms with van der Waals surface area (Å²) in [7, 11) is 0. The predicted octanol–water partition coefficient (Wildman–Crippen LogP) is 4.09. The third kappa shape index (κ3) is 2.05. The van der Waals surface area contributed by atoms with Crippen LogP contribution in [0.3, 0.4) is 0 Å². The van der Waals surface area contributed by atoms with E-state index < -0.39 is 0 Å². The van der Waals surface area contributed by atoms with Crippen LogP contribution in [0.2, 0.25) is 0 Å². The Kier molecular flexibility index (Phi) is 3.67. The molecule has 1 rings (SSSR count). The van der Waals surface area contributed by atoms with E-state index in [9.17, 15) is 0 Å². The van der Waals surface area contributed by atoms with Crippen LogP contribution in [-0.4, -0.2) is 5.38 Å². The van der Waals surface area contributed by atoms with Gasteiger partial charge in [-0.05, 0) is 24.3 Å². The molecule has 0 aromatic rings. The highest BCUT2D eigenvalue weighted by atomic mass is 35.5. The molecule has 0 aliphatic heterocycles. The zero-order valence-corrected chi connectivity index (χ0v) is 8.99. The van der Waals surface area contributed by atoms with E-state index in [1.54, 1.807) is 0 Å². The standard InChI is InChI=1S/C10H14Cl2/c1-3-7-5-10(12)8(4-2)6-9(7)11/h5-7,9H,3-4H2,1-2H3. The van der Waals surface area contributed by atoms with Crippen molar-refractivity contribution in [1.82, 2.24) is 0 Å². The van der Waals surface area contributed by atoms with Crippen molar-refractivity contribution >= 4 is 23.2 Å². The molecule has 0 bridgehead atoms. The number of alkyl halides is 1. The molecule has 0 fully saturated rings. The van der Waals surface area contributed by atoms with E-state index in [4.69, 9.17) is 23.2 Å². The Labute approximate surface area is 84.2 Å². The Hall–Kier alpha value is 0.0600. The van der Waals surface area contributed by atoms with Crippen molar-refractivity contribution in [2.45, 2.75) is 32.1 Å². The highest BCUT2D eigenvalue weighted by Crippen LogP contribution is 2.32. The van der Waals surface area contributed by atoms with Crippen molar-refractivity contribution in [3.63, 3.8) is 0 Å². The Morgan fingerprint density at radius 3 is 2.50 bits per heavy atom. The average molecular weight is 205 g/mol. The van der Waals surface area contributed by atoms with Crippen LogP contribution < -0.4 is 0 Å². The molecule has 2 atom stereocenters. The molecule has 2 unspecified atom stereocenters. The molecule has 0 saturated heterocycles. The maximum absolute atomic E-state index is 6.14.